The van der Waals surface area contributed by atoms with Crippen LogP contribution in [0, 0.1) is 0 Å². The zero-order valence-corrected chi connectivity index (χ0v) is 10.7. The van der Waals surface area contributed by atoms with Crippen LogP contribution >= 0.6 is 0 Å². The Hall–Kier alpha value is -0.650. The molecule has 5 nitrogen and oxygen atoms in total. The van der Waals surface area contributed by atoms with Crippen molar-refractivity contribution in [2.75, 3.05) is 53.0 Å². The average Bonchev–Trinajstić information content (AvgIpc) is 2.40. The fraction of sp³-hybridized carbons (Fsp3) is 0.917. The van der Waals surface area contributed by atoms with Gasteiger partial charge in [0.25, 0.3) is 0 Å². The summed E-state index contributed by atoms with van der Waals surface area (Å²) in [6, 6.07) is 0.629. The van der Waals surface area contributed by atoms with Gasteiger partial charge < -0.3 is 15.0 Å². The van der Waals surface area contributed by atoms with E-state index in [1.54, 1.807) is 0 Å². The Bertz CT molecular complexity index is 246. The van der Waals surface area contributed by atoms with Crippen LogP contribution in [0.3, 0.4) is 0 Å². The molecule has 0 atom stereocenters. The first-order chi connectivity index (χ1) is 8.29. The van der Waals surface area contributed by atoms with Crippen LogP contribution in [-0.4, -0.2) is 74.7 Å². The number of hydrogen-bond donors (Lipinski definition) is 1. The van der Waals surface area contributed by atoms with Gasteiger partial charge in [-0.15, -0.1) is 0 Å². The molecule has 5 heteroatoms. The lowest BCUT2D eigenvalue weighted by molar-refractivity contribution is -0.136. The van der Waals surface area contributed by atoms with E-state index in [9.17, 15) is 4.79 Å². The number of amides is 1. The van der Waals surface area contributed by atoms with Crippen molar-refractivity contribution >= 4 is 5.91 Å². The SMILES string of the molecule is CNC1CCN(CC(=O)N2CCOCC2)CC1. The summed E-state index contributed by atoms with van der Waals surface area (Å²) in [5.41, 5.74) is 0. The average molecular weight is 241 g/mol. The van der Waals surface area contributed by atoms with E-state index >= 15 is 0 Å². The van der Waals surface area contributed by atoms with E-state index in [0.717, 1.165) is 39.0 Å². The Labute approximate surface area is 103 Å². The number of piperidine rings is 1. The van der Waals surface area contributed by atoms with Gasteiger partial charge in [-0.1, -0.05) is 0 Å². The number of hydrogen-bond acceptors (Lipinski definition) is 4. The molecule has 2 heterocycles. The third-order valence-corrected chi connectivity index (χ3v) is 3.72. The molecule has 0 aromatic carbocycles. The molecule has 0 saturated carbocycles. The van der Waals surface area contributed by atoms with Gasteiger partial charge in [0, 0.05) is 32.2 Å². The Balaban J connectivity index is 1.71. The molecule has 2 aliphatic rings. The molecule has 1 N–H and O–H groups in total. The Morgan fingerprint density at radius 2 is 1.88 bits per heavy atom. The molecule has 0 unspecified atom stereocenters. The maximum absolute atomic E-state index is 12.0. The molecule has 17 heavy (non-hydrogen) atoms. The highest BCUT2D eigenvalue weighted by molar-refractivity contribution is 5.78. The number of likely N-dealkylation sites (tertiary alicyclic amines) is 1. The van der Waals surface area contributed by atoms with Crippen LogP contribution in [-0.2, 0) is 9.53 Å². The Morgan fingerprint density at radius 1 is 1.24 bits per heavy atom. The molecule has 0 bridgehead atoms. The van der Waals surface area contributed by atoms with Gasteiger partial charge in [0.05, 0.1) is 19.8 Å². The van der Waals surface area contributed by atoms with Crippen LogP contribution < -0.4 is 5.32 Å². The van der Waals surface area contributed by atoms with Crippen molar-refractivity contribution in [1.82, 2.24) is 15.1 Å². The first kappa shape index (κ1) is 12.8. The summed E-state index contributed by atoms with van der Waals surface area (Å²) in [4.78, 5) is 16.2. The molecular formula is C12H23N3O2. The molecule has 0 radical (unpaired) electrons. The number of carbonyl (C=O) groups excluding carboxylic acids is 1. The number of nitrogens with one attached hydrogen (secondary N) is 1. The van der Waals surface area contributed by atoms with Gasteiger partial charge in [0.1, 0.15) is 0 Å². The van der Waals surface area contributed by atoms with E-state index in [0.29, 0.717) is 25.8 Å². The number of morpholine rings is 1. The largest absolute Gasteiger partial charge is 0.378 e. The highest BCUT2D eigenvalue weighted by Crippen LogP contribution is 2.10. The predicted octanol–water partition coefficient (Wildman–Crippen LogP) is -0.471. The minimum atomic E-state index is 0.260. The second-order valence-corrected chi connectivity index (χ2v) is 4.83. The Kier molecular flexibility index (Phi) is 4.76. The summed E-state index contributed by atoms with van der Waals surface area (Å²) in [5, 5.41) is 3.30. The molecule has 2 aliphatic heterocycles. The molecule has 1 amide bonds. The lowest BCUT2D eigenvalue weighted by Crippen LogP contribution is -2.48. The second kappa shape index (κ2) is 6.33. The highest BCUT2D eigenvalue weighted by atomic mass is 16.5. The molecular weight excluding hydrogens is 218 g/mol. The highest BCUT2D eigenvalue weighted by Gasteiger charge is 2.23. The van der Waals surface area contributed by atoms with E-state index in [2.05, 4.69) is 10.2 Å². The van der Waals surface area contributed by atoms with E-state index in [1.165, 1.54) is 0 Å². The fourth-order valence-corrected chi connectivity index (χ4v) is 2.48. The number of rotatable bonds is 3. The fourth-order valence-electron chi connectivity index (χ4n) is 2.48. The first-order valence-electron chi connectivity index (χ1n) is 6.54. The van der Waals surface area contributed by atoms with Crippen molar-refractivity contribution in [1.29, 1.82) is 0 Å². The van der Waals surface area contributed by atoms with Crippen LogP contribution in [0.15, 0.2) is 0 Å². The van der Waals surface area contributed by atoms with Crippen LogP contribution in [0.2, 0.25) is 0 Å². The normalized spacial score (nSPS) is 23.9. The summed E-state index contributed by atoms with van der Waals surface area (Å²) < 4.78 is 5.25. The molecule has 2 rings (SSSR count). The minimum absolute atomic E-state index is 0.260. The summed E-state index contributed by atoms with van der Waals surface area (Å²) in [6.45, 7) is 5.53. The summed E-state index contributed by atoms with van der Waals surface area (Å²) in [7, 11) is 2.01. The minimum Gasteiger partial charge on any atom is -0.378 e. The van der Waals surface area contributed by atoms with Crippen molar-refractivity contribution in [3.05, 3.63) is 0 Å². The van der Waals surface area contributed by atoms with Gasteiger partial charge in [-0.2, -0.15) is 0 Å². The van der Waals surface area contributed by atoms with Gasteiger partial charge in [-0.25, -0.2) is 0 Å². The van der Waals surface area contributed by atoms with Gasteiger partial charge in [0.2, 0.25) is 5.91 Å². The Morgan fingerprint density at radius 3 is 2.47 bits per heavy atom. The topological polar surface area (TPSA) is 44.8 Å². The maximum atomic E-state index is 12.0. The van der Waals surface area contributed by atoms with Crippen molar-refractivity contribution in [2.24, 2.45) is 0 Å². The van der Waals surface area contributed by atoms with Crippen molar-refractivity contribution in [3.8, 4) is 0 Å². The third-order valence-electron chi connectivity index (χ3n) is 3.72. The molecule has 98 valence electrons. The second-order valence-electron chi connectivity index (χ2n) is 4.83. The standard InChI is InChI=1S/C12H23N3O2/c1-13-11-2-4-14(5-3-11)10-12(16)15-6-8-17-9-7-15/h11,13H,2-10H2,1H3. The third kappa shape index (κ3) is 3.66. The number of ether oxygens (including phenoxy) is 1. The number of carbonyl (C=O) groups is 1. The number of nitrogens with zero attached hydrogens (tertiary/aromatic N) is 2. The lowest BCUT2D eigenvalue weighted by Gasteiger charge is -2.34. The van der Waals surface area contributed by atoms with Crippen LogP contribution in [0.5, 0.6) is 0 Å². The first-order valence-corrected chi connectivity index (χ1v) is 6.54. The quantitative estimate of drug-likeness (QED) is 0.725. The van der Waals surface area contributed by atoms with Crippen molar-refractivity contribution in [3.63, 3.8) is 0 Å². The van der Waals surface area contributed by atoms with Crippen molar-refractivity contribution < 1.29 is 9.53 Å². The molecule has 0 aromatic rings. The molecule has 0 aromatic heterocycles. The van der Waals surface area contributed by atoms with E-state index in [-0.39, 0.29) is 5.91 Å². The smallest absolute Gasteiger partial charge is 0.236 e. The van der Waals surface area contributed by atoms with E-state index < -0.39 is 0 Å². The summed E-state index contributed by atoms with van der Waals surface area (Å²) >= 11 is 0. The van der Waals surface area contributed by atoms with Gasteiger partial charge in [0.15, 0.2) is 0 Å². The molecule has 0 spiro atoms. The summed E-state index contributed by atoms with van der Waals surface area (Å²) in [5.74, 6) is 0.260. The van der Waals surface area contributed by atoms with Gasteiger partial charge in [-0.05, 0) is 19.9 Å². The zero-order chi connectivity index (χ0) is 12.1. The predicted molar refractivity (Wildman–Crippen MR) is 65.9 cm³/mol. The van der Waals surface area contributed by atoms with E-state index in [1.807, 2.05) is 11.9 Å². The monoisotopic (exact) mass is 241 g/mol. The molecule has 0 aliphatic carbocycles. The van der Waals surface area contributed by atoms with Crippen LogP contribution in [0.1, 0.15) is 12.8 Å². The van der Waals surface area contributed by atoms with Gasteiger partial charge in [-0.3, -0.25) is 9.69 Å². The zero-order valence-electron chi connectivity index (χ0n) is 10.7. The molecule has 2 fully saturated rings. The van der Waals surface area contributed by atoms with Crippen molar-refractivity contribution in [2.45, 2.75) is 18.9 Å². The summed E-state index contributed by atoms with van der Waals surface area (Å²) in [6.07, 6.45) is 2.29. The van der Waals surface area contributed by atoms with Crippen LogP contribution in [0.4, 0.5) is 0 Å². The van der Waals surface area contributed by atoms with Crippen LogP contribution in [0.25, 0.3) is 0 Å². The van der Waals surface area contributed by atoms with E-state index in [4.69, 9.17) is 4.74 Å². The van der Waals surface area contributed by atoms with Gasteiger partial charge >= 0.3 is 0 Å². The molecule has 2 saturated heterocycles. The maximum Gasteiger partial charge on any atom is 0.236 e. The lowest BCUT2D eigenvalue weighted by atomic mass is 10.1.